The first kappa shape index (κ1) is 24.0. The lowest BCUT2D eigenvalue weighted by molar-refractivity contribution is -0.121. The van der Waals surface area contributed by atoms with Crippen LogP contribution in [0.25, 0.3) is 0 Å². The van der Waals surface area contributed by atoms with Gasteiger partial charge in [0, 0.05) is 19.0 Å². The number of nitrogens with zero attached hydrogens (tertiary/aromatic N) is 1. The number of rotatable bonds is 9. The summed E-state index contributed by atoms with van der Waals surface area (Å²) in [4.78, 5) is 12.7. The van der Waals surface area contributed by atoms with Crippen molar-refractivity contribution in [2.24, 2.45) is 0 Å². The highest BCUT2D eigenvalue weighted by Gasteiger charge is 2.28. The molecule has 1 heterocycles. The third-order valence-corrected chi connectivity index (χ3v) is 8.16. The van der Waals surface area contributed by atoms with Gasteiger partial charge in [-0.25, -0.2) is 8.42 Å². The van der Waals surface area contributed by atoms with E-state index in [1.54, 1.807) is 12.1 Å². The topological polar surface area (TPSA) is 66.5 Å². The summed E-state index contributed by atoms with van der Waals surface area (Å²) in [6.07, 6.45) is 4.48. The molecule has 0 spiro atoms. The van der Waals surface area contributed by atoms with Gasteiger partial charge in [0.15, 0.2) is 0 Å². The Morgan fingerprint density at radius 1 is 0.912 bits per heavy atom. The number of nitrogens with one attached hydrogen (secondary N) is 1. The summed E-state index contributed by atoms with van der Waals surface area (Å²) >= 11 is 0. The van der Waals surface area contributed by atoms with Crippen molar-refractivity contribution in [2.45, 2.75) is 56.4 Å². The number of anilines is 1. The maximum absolute atomic E-state index is 13.3. The summed E-state index contributed by atoms with van der Waals surface area (Å²) in [5, 5.41) is 3.07. The van der Waals surface area contributed by atoms with Crippen LogP contribution in [0.5, 0.6) is 0 Å². The van der Waals surface area contributed by atoms with E-state index in [4.69, 9.17) is 0 Å². The van der Waals surface area contributed by atoms with Gasteiger partial charge in [-0.2, -0.15) is 0 Å². The van der Waals surface area contributed by atoms with E-state index in [-0.39, 0.29) is 16.8 Å². The van der Waals surface area contributed by atoms with E-state index in [9.17, 15) is 13.2 Å². The van der Waals surface area contributed by atoms with Crippen LogP contribution in [-0.4, -0.2) is 26.9 Å². The first-order valence-electron chi connectivity index (χ1n) is 12.0. The van der Waals surface area contributed by atoms with Crippen molar-refractivity contribution in [3.63, 3.8) is 0 Å². The molecule has 4 rings (SSSR count). The Morgan fingerprint density at radius 2 is 1.59 bits per heavy atom. The third kappa shape index (κ3) is 5.86. The molecule has 0 saturated carbocycles. The molecule has 0 radical (unpaired) electrons. The van der Waals surface area contributed by atoms with E-state index >= 15 is 0 Å². The van der Waals surface area contributed by atoms with Crippen LogP contribution >= 0.6 is 0 Å². The fourth-order valence-electron chi connectivity index (χ4n) is 4.41. The zero-order valence-corrected chi connectivity index (χ0v) is 20.4. The average molecular weight is 477 g/mol. The van der Waals surface area contributed by atoms with Crippen LogP contribution in [0.4, 0.5) is 5.69 Å². The molecule has 1 aliphatic heterocycles. The van der Waals surface area contributed by atoms with Gasteiger partial charge in [0.25, 0.3) is 10.0 Å². The van der Waals surface area contributed by atoms with Crippen molar-refractivity contribution in [1.82, 2.24) is 5.32 Å². The molecule has 6 heteroatoms. The van der Waals surface area contributed by atoms with E-state index < -0.39 is 10.0 Å². The monoisotopic (exact) mass is 476 g/mol. The average Bonchev–Trinajstić information content (AvgIpc) is 2.87. The number of hydrogen-bond acceptors (Lipinski definition) is 3. The molecule has 0 unspecified atom stereocenters. The molecule has 0 fully saturated rings. The summed E-state index contributed by atoms with van der Waals surface area (Å²) in [5.41, 5.74) is 4.06. The fraction of sp³-hybridized carbons (Fsp3) is 0.321. The van der Waals surface area contributed by atoms with Crippen molar-refractivity contribution in [3.8, 4) is 0 Å². The van der Waals surface area contributed by atoms with Crippen LogP contribution in [-0.2, 0) is 34.1 Å². The largest absolute Gasteiger partial charge is 0.354 e. The standard InChI is InChI=1S/C28H32N2O3S/c1-22(13-14-23-8-3-2-4-9-23)29-28(31)20-17-24-15-18-26(19-16-24)34(32,33)30-21-7-11-25-10-5-6-12-27(25)30/h2-6,8-10,12,15-16,18-19,22H,7,11,13-14,17,20-21H2,1H3,(H,29,31)/t22-/m0/s1. The van der Waals surface area contributed by atoms with Gasteiger partial charge in [-0.3, -0.25) is 9.10 Å². The second kappa shape index (κ2) is 10.9. The highest BCUT2D eigenvalue weighted by atomic mass is 32.2. The minimum absolute atomic E-state index is 0.0159. The lowest BCUT2D eigenvalue weighted by Crippen LogP contribution is -2.35. The number of sulfonamides is 1. The molecule has 1 N–H and O–H groups in total. The Balaban J connectivity index is 1.30. The molecule has 1 aliphatic rings. The SMILES string of the molecule is C[C@@H](CCc1ccccc1)NC(=O)CCc1ccc(S(=O)(=O)N2CCCc3ccccc32)cc1. The molecule has 0 saturated heterocycles. The minimum atomic E-state index is -3.61. The molecule has 5 nitrogen and oxygen atoms in total. The van der Waals surface area contributed by atoms with Gasteiger partial charge in [-0.05, 0) is 73.9 Å². The number of para-hydroxylation sites is 1. The van der Waals surface area contributed by atoms with Gasteiger partial charge < -0.3 is 5.32 Å². The Morgan fingerprint density at radius 3 is 2.35 bits per heavy atom. The van der Waals surface area contributed by atoms with Crippen LogP contribution in [0.3, 0.4) is 0 Å². The number of aryl methyl sites for hydroxylation is 3. The zero-order chi connectivity index (χ0) is 24.0. The molecule has 3 aromatic carbocycles. The van der Waals surface area contributed by atoms with E-state index in [1.165, 1.54) is 9.87 Å². The van der Waals surface area contributed by atoms with Crippen molar-refractivity contribution in [1.29, 1.82) is 0 Å². The first-order chi connectivity index (χ1) is 16.4. The quantitative estimate of drug-likeness (QED) is 0.478. The number of fused-ring (bicyclic) bond motifs is 1. The second-order valence-corrected chi connectivity index (χ2v) is 10.8. The predicted octanol–water partition coefficient (Wildman–Crippen LogP) is 4.90. The number of carbonyl (C=O) groups is 1. The summed E-state index contributed by atoms with van der Waals surface area (Å²) in [6.45, 7) is 2.52. The Labute approximate surface area is 202 Å². The lowest BCUT2D eigenvalue weighted by Gasteiger charge is -2.30. The third-order valence-electron chi connectivity index (χ3n) is 6.34. The number of hydrogen-bond donors (Lipinski definition) is 1. The maximum Gasteiger partial charge on any atom is 0.264 e. The fourth-order valence-corrected chi connectivity index (χ4v) is 5.95. The van der Waals surface area contributed by atoms with Gasteiger partial charge in [0.2, 0.25) is 5.91 Å². The Hall–Kier alpha value is -3.12. The van der Waals surface area contributed by atoms with Gasteiger partial charge in [0.05, 0.1) is 10.6 Å². The van der Waals surface area contributed by atoms with Crippen molar-refractivity contribution in [2.75, 3.05) is 10.8 Å². The van der Waals surface area contributed by atoms with Crippen LogP contribution in [0.15, 0.2) is 83.8 Å². The van der Waals surface area contributed by atoms with Crippen LogP contribution in [0.1, 0.15) is 42.9 Å². The molecular formula is C28H32N2O3S. The highest BCUT2D eigenvalue weighted by molar-refractivity contribution is 7.92. The van der Waals surface area contributed by atoms with Gasteiger partial charge in [-0.1, -0.05) is 60.7 Å². The second-order valence-electron chi connectivity index (χ2n) is 8.95. The molecule has 0 aromatic heterocycles. The molecule has 0 bridgehead atoms. The predicted molar refractivity (Wildman–Crippen MR) is 136 cm³/mol. The first-order valence-corrected chi connectivity index (χ1v) is 13.4. The lowest BCUT2D eigenvalue weighted by atomic mass is 10.0. The van der Waals surface area contributed by atoms with Crippen molar-refractivity contribution >= 4 is 21.6 Å². The molecule has 178 valence electrons. The summed E-state index contributed by atoms with van der Waals surface area (Å²) in [7, 11) is -3.61. The Kier molecular flexibility index (Phi) is 7.68. The van der Waals surface area contributed by atoms with Gasteiger partial charge >= 0.3 is 0 Å². The van der Waals surface area contributed by atoms with E-state index in [1.807, 2.05) is 61.5 Å². The number of carbonyl (C=O) groups excluding carboxylic acids is 1. The number of benzene rings is 3. The molecular weight excluding hydrogens is 444 g/mol. The van der Waals surface area contributed by atoms with E-state index in [0.717, 1.165) is 42.5 Å². The zero-order valence-electron chi connectivity index (χ0n) is 19.6. The smallest absolute Gasteiger partial charge is 0.264 e. The van der Waals surface area contributed by atoms with Gasteiger partial charge in [-0.15, -0.1) is 0 Å². The van der Waals surface area contributed by atoms with E-state index in [2.05, 4.69) is 17.4 Å². The molecule has 34 heavy (non-hydrogen) atoms. The van der Waals surface area contributed by atoms with Crippen LogP contribution in [0, 0.1) is 0 Å². The summed E-state index contributed by atoms with van der Waals surface area (Å²) < 4.78 is 28.1. The molecule has 3 aromatic rings. The van der Waals surface area contributed by atoms with Crippen molar-refractivity contribution < 1.29 is 13.2 Å². The summed E-state index contributed by atoms with van der Waals surface area (Å²) in [5.74, 6) is 0.0159. The minimum Gasteiger partial charge on any atom is -0.354 e. The molecule has 1 amide bonds. The Bertz CT molecular complexity index is 1210. The summed E-state index contributed by atoms with van der Waals surface area (Å²) in [6, 6.07) is 25.0. The normalized spacial score (nSPS) is 14.3. The highest BCUT2D eigenvalue weighted by Crippen LogP contribution is 2.31. The van der Waals surface area contributed by atoms with Gasteiger partial charge in [0.1, 0.15) is 0 Å². The maximum atomic E-state index is 13.3. The molecule has 0 aliphatic carbocycles. The van der Waals surface area contributed by atoms with Crippen LogP contribution < -0.4 is 9.62 Å². The van der Waals surface area contributed by atoms with Crippen LogP contribution in [0.2, 0.25) is 0 Å². The number of amides is 1. The molecule has 1 atom stereocenters. The van der Waals surface area contributed by atoms with Crippen molar-refractivity contribution in [3.05, 3.63) is 95.6 Å². The van der Waals surface area contributed by atoms with E-state index in [0.29, 0.717) is 19.4 Å².